The number of carbonyl (C=O) groups is 1. The number of aryl methyl sites for hydroxylation is 1. The third kappa shape index (κ3) is 1.44. The van der Waals surface area contributed by atoms with Crippen LogP contribution in [0.15, 0.2) is 0 Å². The van der Waals surface area contributed by atoms with Crippen LogP contribution in [0.25, 0.3) is 0 Å². The Hall–Kier alpha value is -1.39. The minimum Gasteiger partial charge on any atom is -0.476 e. The molecule has 0 amide bonds. The smallest absolute Gasteiger partial charge is 0.356 e. The van der Waals surface area contributed by atoms with Crippen LogP contribution in [-0.4, -0.2) is 27.9 Å². The molecule has 0 spiro atoms. The first kappa shape index (κ1) is 8.70. The summed E-state index contributed by atoms with van der Waals surface area (Å²) in [4.78, 5) is 10.5. The Morgan fingerprint density at radius 1 is 1.75 bits per heavy atom. The van der Waals surface area contributed by atoms with E-state index in [0.717, 1.165) is 0 Å². The van der Waals surface area contributed by atoms with Crippen molar-refractivity contribution in [2.24, 2.45) is 0 Å². The van der Waals surface area contributed by atoms with E-state index < -0.39 is 12.6 Å². The molecule has 0 fully saturated rings. The summed E-state index contributed by atoms with van der Waals surface area (Å²) in [7, 11) is 0. The highest BCUT2D eigenvalue weighted by Gasteiger charge is 2.13. The normalized spacial score (nSPS) is 10.2. The van der Waals surface area contributed by atoms with Gasteiger partial charge in [0.15, 0.2) is 5.69 Å². The van der Waals surface area contributed by atoms with E-state index in [1.54, 1.807) is 6.92 Å². The number of carboxylic acid groups (broad SMARTS) is 1. The van der Waals surface area contributed by atoms with Crippen LogP contribution in [0, 0.1) is 6.92 Å². The monoisotopic (exact) mass is 172 g/mol. The zero-order valence-corrected chi connectivity index (χ0v) is 6.59. The molecule has 1 rings (SSSR count). The Balaban J connectivity index is 2.96. The highest BCUT2D eigenvalue weighted by Crippen LogP contribution is 2.10. The molecule has 0 saturated carbocycles. The molecule has 0 aliphatic carbocycles. The van der Waals surface area contributed by atoms with Crippen LogP contribution in [-0.2, 0) is 6.42 Å². The molecule has 0 bridgehead atoms. The van der Waals surface area contributed by atoms with E-state index in [0.29, 0.717) is 11.3 Å². The molecule has 66 valence electrons. The van der Waals surface area contributed by atoms with Crippen molar-refractivity contribution < 1.29 is 14.3 Å². The van der Waals surface area contributed by atoms with Gasteiger partial charge in [0, 0.05) is 17.7 Å². The zero-order valence-electron chi connectivity index (χ0n) is 6.59. The largest absolute Gasteiger partial charge is 0.476 e. The molecule has 0 atom stereocenters. The average Bonchev–Trinajstić information content (AvgIpc) is 2.34. The van der Waals surface area contributed by atoms with Crippen molar-refractivity contribution in [3.8, 4) is 0 Å². The maximum Gasteiger partial charge on any atom is 0.356 e. The van der Waals surface area contributed by atoms with E-state index in [9.17, 15) is 9.18 Å². The molecule has 1 heterocycles. The van der Waals surface area contributed by atoms with Crippen molar-refractivity contribution in [1.82, 2.24) is 10.2 Å². The summed E-state index contributed by atoms with van der Waals surface area (Å²) in [6.07, 6.45) is 0.187. The maximum absolute atomic E-state index is 11.9. The van der Waals surface area contributed by atoms with Gasteiger partial charge in [-0.3, -0.25) is 9.49 Å². The van der Waals surface area contributed by atoms with E-state index in [1.807, 2.05) is 0 Å². The minimum atomic E-state index is -1.09. The summed E-state index contributed by atoms with van der Waals surface area (Å²) >= 11 is 0. The highest BCUT2D eigenvalue weighted by atomic mass is 19.1. The fourth-order valence-electron chi connectivity index (χ4n) is 0.980. The summed E-state index contributed by atoms with van der Waals surface area (Å²) in [5.74, 6) is -1.09. The van der Waals surface area contributed by atoms with Crippen LogP contribution >= 0.6 is 0 Å². The van der Waals surface area contributed by atoms with Crippen LogP contribution in [0.3, 0.4) is 0 Å². The van der Waals surface area contributed by atoms with Crippen molar-refractivity contribution in [1.29, 1.82) is 0 Å². The average molecular weight is 172 g/mol. The van der Waals surface area contributed by atoms with Gasteiger partial charge >= 0.3 is 5.97 Å². The summed E-state index contributed by atoms with van der Waals surface area (Å²) in [5, 5.41) is 14.6. The number of nitrogens with one attached hydrogen (secondary N) is 1. The van der Waals surface area contributed by atoms with Gasteiger partial charge in [0.2, 0.25) is 0 Å². The van der Waals surface area contributed by atoms with Gasteiger partial charge < -0.3 is 5.11 Å². The number of hydrogen-bond acceptors (Lipinski definition) is 2. The van der Waals surface area contributed by atoms with Crippen LogP contribution in [0.1, 0.15) is 21.7 Å². The van der Waals surface area contributed by atoms with Gasteiger partial charge in [-0.15, -0.1) is 0 Å². The number of alkyl halides is 1. The summed E-state index contributed by atoms with van der Waals surface area (Å²) in [5.41, 5.74) is 1.04. The SMILES string of the molecule is Cc1c(C(=O)O)n[nH]c1CCF. The van der Waals surface area contributed by atoms with Gasteiger partial charge in [0.1, 0.15) is 0 Å². The molecular weight excluding hydrogens is 163 g/mol. The molecule has 0 saturated heterocycles. The van der Waals surface area contributed by atoms with Crippen LogP contribution < -0.4 is 0 Å². The molecule has 0 radical (unpaired) electrons. The standard InChI is InChI=1S/C7H9FN2O2/c1-4-5(2-3-8)9-10-6(4)7(11)12/h2-3H2,1H3,(H,9,10)(H,11,12). The Morgan fingerprint density at radius 2 is 2.42 bits per heavy atom. The molecule has 1 aromatic rings. The number of aromatic amines is 1. The first-order valence-electron chi connectivity index (χ1n) is 3.50. The van der Waals surface area contributed by atoms with Crippen LogP contribution in [0.4, 0.5) is 4.39 Å². The Kier molecular flexibility index (Phi) is 2.42. The van der Waals surface area contributed by atoms with Gasteiger partial charge in [-0.25, -0.2) is 4.79 Å². The minimum absolute atomic E-state index is 0.0292. The molecule has 0 aliphatic heterocycles. The summed E-state index contributed by atoms with van der Waals surface area (Å²) in [6, 6.07) is 0. The first-order chi connectivity index (χ1) is 5.66. The van der Waals surface area contributed by atoms with E-state index in [2.05, 4.69) is 10.2 Å². The number of rotatable bonds is 3. The Bertz CT molecular complexity index is 296. The van der Waals surface area contributed by atoms with E-state index in [-0.39, 0.29) is 12.1 Å². The molecule has 5 heteroatoms. The Morgan fingerprint density at radius 3 is 2.83 bits per heavy atom. The molecule has 2 N–H and O–H groups in total. The molecular formula is C7H9FN2O2. The summed E-state index contributed by atoms with van der Waals surface area (Å²) in [6.45, 7) is 1.10. The quantitative estimate of drug-likeness (QED) is 0.712. The van der Waals surface area contributed by atoms with E-state index in [4.69, 9.17) is 5.11 Å². The predicted molar refractivity (Wildman–Crippen MR) is 40.0 cm³/mol. The predicted octanol–water partition coefficient (Wildman–Crippen LogP) is 0.928. The summed E-state index contributed by atoms with van der Waals surface area (Å²) < 4.78 is 11.9. The van der Waals surface area contributed by atoms with Gasteiger partial charge in [-0.05, 0) is 6.92 Å². The van der Waals surface area contributed by atoms with Crippen molar-refractivity contribution in [3.05, 3.63) is 17.0 Å². The van der Waals surface area contributed by atoms with Gasteiger partial charge in [0.25, 0.3) is 0 Å². The van der Waals surface area contributed by atoms with Crippen molar-refractivity contribution in [2.45, 2.75) is 13.3 Å². The lowest BCUT2D eigenvalue weighted by Gasteiger charge is -1.92. The van der Waals surface area contributed by atoms with Gasteiger partial charge in [-0.2, -0.15) is 5.10 Å². The molecule has 0 aliphatic rings. The first-order valence-corrected chi connectivity index (χ1v) is 3.50. The molecule has 0 unspecified atom stereocenters. The third-order valence-corrected chi connectivity index (χ3v) is 1.66. The Labute approximate surface area is 68.4 Å². The number of hydrogen-bond donors (Lipinski definition) is 2. The van der Waals surface area contributed by atoms with E-state index in [1.165, 1.54) is 0 Å². The number of nitrogens with zero attached hydrogens (tertiary/aromatic N) is 1. The van der Waals surface area contributed by atoms with Crippen LogP contribution in [0.5, 0.6) is 0 Å². The number of halogens is 1. The number of aromatic nitrogens is 2. The van der Waals surface area contributed by atoms with Crippen LogP contribution in [0.2, 0.25) is 0 Å². The van der Waals surface area contributed by atoms with E-state index >= 15 is 0 Å². The van der Waals surface area contributed by atoms with Gasteiger partial charge in [-0.1, -0.05) is 0 Å². The second-order valence-corrected chi connectivity index (χ2v) is 2.42. The lowest BCUT2D eigenvalue weighted by molar-refractivity contribution is 0.0689. The van der Waals surface area contributed by atoms with Crippen molar-refractivity contribution in [3.63, 3.8) is 0 Å². The molecule has 4 nitrogen and oxygen atoms in total. The second-order valence-electron chi connectivity index (χ2n) is 2.42. The van der Waals surface area contributed by atoms with Crippen molar-refractivity contribution in [2.75, 3.05) is 6.67 Å². The third-order valence-electron chi connectivity index (χ3n) is 1.66. The molecule has 0 aromatic carbocycles. The topological polar surface area (TPSA) is 66.0 Å². The lowest BCUT2D eigenvalue weighted by atomic mass is 10.2. The number of H-pyrrole nitrogens is 1. The molecule has 12 heavy (non-hydrogen) atoms. The fraction of sp³-hybridized carbons (Fsp3) is 0.429. The van der Waals surface area contributed by atoms with Crippen molar-refractivity contribution >= 4 is 5.97 Å². The molecule has 1 aromatic heterocycles. The maximum atomic E-state index is 11.9. The zero-order chi connectivity index (χ0) is 9.14. The highest BCUT2D eigenvalue weighted by molar-refractivity contribution is 5.87. The number of carboxylic acids is 1. The number of aromatic carboxylic acids is 1. The fourth-order valence-corrected chi connectivity index (χ4v) is 0.980. The lowest BCUT2D eigenvalue weighted by Crippen LogP contribution is -1.99. The van der Waals surface area contributed by atoms with Gasteiger partial charge in [0.05, 0.1) is 6.67 Å². The second kappa shape index (κ2) is 3.34.